The van der Waals surface area contributed by atoms with Gasteiger partial charge in [-0.15, -0.1) is 0 Å². The Kier molecular flexibility index (Phi) is 4.93. The van der Waals surface area contributed by atoms with Gasteiger partial charge in [-0.25, -0.2) is 0 Å². The van der Waals surface area contributed by atoms with E-state index in [1.807, 2.05) is 12.1 Å². The van der Waals surface area contributed by atoms with Crippen LogP contribution in [0.4, 0.5) is 5.69 Å². The zero-order chi connectivity index (χ0) is 13.7. The van der Waals surface area contributed by atoms with Crippen LogP contribution in [0, 0.1) is 0 Å². The summed E-state index contributed by atoms with van der Waals surface area (Å²) in [7, 11) is 0. The van der Waals surface area contributed by atoms with Crippen LogP contribution in [0.1, 0.15) is 25.3 Å². The molecule has 0 aromatic heterocycles. The Labute approximate surface area is 114 Å². The lowest BCUT2D eigenvalue weighted by atomic mass is 10.1. The number of rotatable bonds is 5. The summed E-state index contributed by atoms with van der Waals surface area (Å²) in [6, 6.07) is 8.10. The molecule has 1 amide bonds. The highest BCUT2D eigenvalue weighted by atomic mass is 16.5. The van der Waals surface area contributed by atoms with E-state index in [-0.39, 0.29) is 25.2 Å². The highest BCUT2D eigenvalue weighted by molar-refractivity contribution is 5.94. The van der Waals surface area contributed by atoms with Crippen LogP contribution in [0.2, 0.25) is 0 Å². The molecule has 104 valence electrons. The molecule has 1 aromatic carbocycles. The molecule has 1 aromatic rings. The van der Waals surface area contributed by atoms with Crippen LogP contribution in [0.15, 0.2) is 24.3 Å². The first-order chi connectivity index (χ1) is 9.24. The molecule has 0 aliphatic carbocycles. The third kappa shape index (κ3) is 3.55. The summed E-state index contributed by atoms with van der Waals surface area (Å²) in [5.41, 5.74) is 2.20. The highest BCUT2D eigenvalue weighted by Crippen LogP contribution is 2.21. The van der Waals surface area contributed by atoms with Gasteiger partial charge < -0.3 is 14.7 Å². The lowest BCUT2D eigenvalue weighted by Crippen LogP contribution is -2.46. The maximum atomic E-state index is 11.9. The minimum atomic E-state index is 0.00416. The van der Waals surface area contributed by atoms with Gasteiger partial charge in [0.05, 0.1) is 12.6 Å². The van der Waals surface area contributed by atoms with Crippen LogP contribution in [0.5, 0.6) is 0 Å². The smallest absolute Gasteiger partial charge is 0.253 e. The van der Waals surface area contributed by atoms with Gasteiger partial charge in [0.25, 0.3) is 5.91 Å². The number of carbonyl (C=O) groups is 1. The Hall–Kier alpha value is -1.39. The average molecular weight is 263 g/mol. The van der Waals surface area contributed by atoms with Crippen LogP contribution in [-0.4, -0.2) is 36.9 Å². The van der Waals surface area contributed by atoms with Crippen LogP contribution in [0.3, 0.4) is 0 Å². The minimum absolute atomic E-state index is 0.00416. The summed E-state index contributed by atoms with van der Waals surface area (Å²) in [6.45, 7) is 2.98. The molecule has 1 unspecified atom stereocenters. The molecule has 1 N–H and O–H groups in total. The van der Waals surface area contributed by atoms with Crippen molar-refractivity contribution in [2.45, 2.75) is 32.3 Å². The summed E-state index contributed by atoms with van der Waals surface area (Å²) in [5.74, 6) is 0.00416. The van der Waals surface area contributed by atoms with Crippen LogP contribution >= 0.6 is 0 Å². The molecule has 4 heteroatoms. The van der Waals surface area contributed by atoms with Gasteiger partial charge in [-0.05, 0) is 37.0 Å². The second-order valence-electron chi connectivity index (χ2n) is 4.82. The zero-order valence-electron chi connectivity index (χ0n) is 11.3. The molecule has 1 saturated heterocycles. The van der Waals surface area contributed by atoms with Crippen molar-refractivity contribution in [2.24, 2.45) is 0 Å². The Morgan fingerprint density at radius 3 is 2.74 bits per heavy atom. The fourth-order valence-corrected chi connectivity index (χ4v) is 2.28. The number of amides is 1. The number of carbonyl (C=O) groups excluding carboxylic acids is 1. The van der Waals surface area contributed by atoms with Gasteiger partial charge in [-0.2, -0.15) is 0 Å². The van der Waals surface area contributed by atoms with Crippen molar-refractivity contribution in [1.29, 1.82) is 0 Å². The number of aliphatic hydroxyl groups is 1. The van der Waals surface area contributed by atoms with Gasteiger partial charge in [0.15, 0.2) is 0 Å². The fraction of sp³-hybridized carbons (Fsp3) is 0.533. The maximum absolute atomic E-state index is 11.9. The van der Waals surface area contributed by atoms with E-state index in [1.54, 1.807) is 4.90 Å². The van der Waals surface area contributed by atoms with E-state index in [0.29, 0.717) is 13.0 Å². The van der Waals surface area contributed by atoms with Crippen molar-refractivity contribution in [1.82, 2.24) is 0 Å². The van der Waals surface area contributed by atoms with Crippen molar-refractivity contribution in [3.05, 3.63) is 29.8 Å². The first-order valence-electron chi connectivity index (χ1n) is 6.86. The third-order valence-corrected chi connectivity index (χ3v) is 3.47. The van der Waals surface area contributed by atoms with Crippen molar-refractivity contribution in [2.75, 3.05) is 24.7 Å². The summed E-state index contributed by atoms with van der Waals surface area (Å²) in [5, 5.41) is 8.85. The molecule has 0 saturated carbocycles. The average Bonchev–Trinajstić information content (AvgIpc) is 2.46. The van der Waals surface area contributed by atoms with Crippen molar-refractivity contribution in [3.8, 4) is 0 Å². The number of aryl methyl sites for hydroxylation is 1. The standard InChI is InChI=1S/C15H21NO3/c1-2-12-5-7-13(8-6-12)16-10-14(4-3-9-17)19-11-15(16)18/h5-8,14,17H,2-4,9-11H2,1H3. The first-order valence-corrected chi connectivity index (χ1v) is 6.86. The number of anilines is 1. The molecule has 1 aliphatic heterocycles. The SMILES string of the molecule is CCc1ccc(N2CC(CCCO)OCC2=O)cc1. The number of ether oxygens (including phenoxy) is 1. The predicted molar refractivity (Wildman–Crippen MR) is 74.2 cm³/mol. The van der Waals surface area contributed by atoms with Gasteiger partial charge in [0.2, 0.25) is 0 Å². The maximum Gasteiger partial charge on any atom is 0.253 e. The third-order valence-electron chi connectivity index (χ3n) is 3.47. The monoisotopic (exact) mass is 263 g/mol. The summed E-state index contributed by atoms with van der Waals surface area (Å²) in [6.07, 6.45) is 2.52. The first kappa shape index (κ1) is 14.0. The number of morpholine rings is 1. The molecule has 1 heterocycles. The van der Waals surface area contributed by atoms with Crippen LogP contribution in [0.25, 0.3) is 0 Å². The van der Waals surface area contributed by atoms with E-state index < -0.39 is 0 Å². The number of aliphatic hydroxyl groups excluding tert-OH is 1. The Balaban J connectivity index is 2.05. The molecule has 2 rings (SSSR count). The quantitative estimate of drug-likeness (QED) is 0.880. The van der Waals surface area contributed by atoms with Crippen molar-refractivity contribution in [3.63, 3.8) is 0 Å². The molecule has 1 fully saturated rings. The predicted octanol–water partition coefficient (Wildman–Crippen LogP) is 1.75. The Morgan fingerprint density at radius 2 is 2.11 bits per heavy atom. The highest BCUT2D eigenvalue weighted by Gasteiger charge is 2.26. The fourth-order valence-electron chi connectivity index (χ4n) is 2.28. The number of benzene rings is 1. The molecule has 1 atom stereocenters. The second-order valence-corrected chi connectivity index (χ2v) is 4.82. The van der Waals surface area contributed by atoms with Gasteiger partial charge in [0.1, 0.15) is 6.61 Å². The zero-order valence-corrected chi connectivity index (χ0v) is 11.3. The summed E-state index contributed by atoms with van der Waals surface area (Å²) < 4.78 is 5.49. The molecular weight excluding hydrogens is 242 g/mol. The number of hydrogen-bond acceptors (Lipinski definition) is 3. The molecule has 1 aliphatic rings. The van der Waals surface area contributed by atoms with Gasteiger partial charge >= 0.3 is 0 Å². The molecule has 4 nitrogen and oxygen atoms in total. The normalized spacial score (nSPS) is 19.8. The van der Waals surface area contributed by atoms with Crippen molar-refractivity contribution < 1.29 is 14.6 Å². The van der Waals surface area contributed by atoms with Crippen LogP contribution < -0.4 is 4.90 Å². The van der Waals surface area contributed by atoms with E-state index in [4.69, 9.17) is 9.84 Å². The van der Waals surface area contributed by atoms with E-state index in [1.165, 1.54) is 5.56 Å². The minimum Gasteiger partial charge on any atom is -0.396 e. The van der Waals surface area contributed by atoms with E-state index in [9.17, 15) is 4.79 Å². The Bertz CT molecular complexity index is 416. The molecule has 0 spiro atoms. The molecule has 0 radical (unpaired) electrons. The topological polar surface area (TPSA) is 49.8 Å². The Morgan fingerprint density at radius 1 is 1.37 bits per heavy atom. The van der Waals surface area contributed by atoms with Gasteiger partial charge in [-0.1, -0.05) is 19.1 Å². The number of hydrogen-bond donors (Lipinski definition) is 1. The van der Waals surface area contributed by atoms with Gasteiger partial charge in [0, 0.05) is 12.3 Å². The molecule has 19 heavy (non-hydrogen) atoms. The van der Waals surface area contributed by atoms with E-state index in [2.05, 4.69) is 19.1 Å². The van der Waals surface area contributed by atoms with E-state index in [0.717, 1.165) is 18.5 Å². The van der Waals surface area contributed by atoms with Crippen molar-refractivity contribution >= 4 is 11.6 Å². The van der Waals surface area contributed by atoms with Crippen LogP contribution in [-0.2, 0) is 16.0 Å². The summed E-state index contributed by atoms with van der Waals surface area (Å²) in [4.78, 5) is 13.7. The summed E-state index contributed by atoms with van der Waals surface area (Å²) >= 11 is 0. The number of nitrogens with zero attached hydrogens (tertiary/aromatic N) is 1. The lowest BCUT2D eigenvalue weighted by molar-refractivity contribution is -0.129. The van der Waals surface area contributed by atoms with E-state index >= 15 is 0 Å². The lowest BCUT2D eigenvalue weighted by Gasteiger charge is -2.32. The van der Waals surface area contributed by atoms with Gasteiger partial charge in [-0.3, -0.25) is 4.79 Å². The largest absolute Gasteiger partial charge is 0.396 e. The molecule has 0 bridgehead atoms. The second kappa shape index (κ2) is 6.68. The molecular formula is C15H21NO3.